The molecule has 1 aliphatic heterocycles. The van der Waals surface area contributed by atoms with Crippen LogP contribution in [0.15, 0.2) is 24.3 Å². The number of nitrogens with zero attached hydrogens (tertiary/aromatic N) is 2. The molecule has 0 radical (unpaired) electrons. The Morgan fingerprint density at radius 2 is 1.96 bits per heavy atom. The molecule has 2 rings (SSSR count). The maximum Gasteiger partial charge on any atom is 0.490 e. The van der Waals surface area contributed by atoms with Gasteiger partial charge < -0.3 is 19.6 Å². The first-order chi connectivity index (χ1) is 12.6. The first-order valence-corrected chi connectivity index (χ1v) is 8.46. The zero-order valence-corrected chi connectivity index (χ0v) is 15.6. The molecule has 152 valence electrons. The number of likely N-dealkylation sites (N-methyl/N-ethyl adjacent to an activating group) is 2. The summed E-state index contributed by atoms with van der Waals surface area (Å²) in [5, 5.41) is 7.12. The quantitative estimate of drug-likeness (QED) is 0.856. The number of hydrogen-bond donors (Lipinski definition) is 1. The third-order valence-corrected chi connectivity index (χ3v) is 4.31. The van der Waals surface area contributed by atoms with Crippen molar-refractivity contribution in [3.63, 3.8) is 0 Å². The molecule has 1 aliphatic rings. The number of piperidine rings is 1. The normalized spacial score (nSPS) is 17.5. The van der Waals surface area contributed by atoms with Crippen LogP contribution in [-0.4, -0.2) is 73.3 Å². The van der Waals surface area contributed by atoms with Crippen LogP contribution in [0.3, 0.4) is 0 Å². The maximum absolute atomic E-state index is 12.4. The molecule has 1 fully saturated rings. The highest BCUT2D eigenvalue weighted by molar-refractivity contribution is 5.94. The Labute approximate surface area is 156 Å². The van der Waals surface area contributed by atoms with E-state index in [4.69, 9.17) is 14.6 Å². The van der Waals surface area contributed by atoms with Crippen molar-refractivity contribution in [2.45, 2.75) is 31.5 Å². The summed E-state index contributed by atoms with van der Waals surface area (Å²) in [6.07, 6.45) is -1.39. The topological polar surface area (TPSA) is 70.1 Å². The Morgan fingerprint density at radius 1 is 1.33 bits per heavy atom. The number of aliphatic carboxylic acids is 1. The average Bonchev–Trinajstić information content (AvgIpc) is 2.62. The molecule has 1 saturated heterocycles. The van der Waals surface area contributed by atoms with Gasteiger partial charge in [0.2, 0.25) is 0 Å². The lowest BCUT2D eigenvalue weighted by atomic mass is 10.0. The molecule has 0 spiro atoms. The first kappa shape index (κ1) is 22.8. The van der Waals surface area contributed by atoms with E-state index in [0.29, 0.717) is 11.6 Å². The lowest BCUT2D eigenvalue weighted by molar-refractivity contribution is -0.192. The fraction of sp³-hybridized carbons (Fsp3) is 0.556. The Bertz CT molecular complexity index is 637. The zero-order valence-electron chi connectivity index (χ0n) is 15.6. The van der Waals surface area contributed by atoms with Gasteiger partial charge in [0, 0.05) is 25.2 Å². The van der Waals surface area contributed by atoms with Gasteiger partial charge in [0.25, 0.3) is 5.91 Å². The maximum atomic E-state index is 12.4. The number of carboxylic acids is 1. The summed E-state index contributed by atoms with van der Waals surface area (Å²) in [4.78, 5) is 25.5. The average molecular weight is 390 g/mol. The summed E-state index contributed by atoms with van der Waals surface area (Å²) in [6, 6.07) is 7.82. The van der Waals surface area contributed by atoms with Crippen LogP contribution in [0.4, 0.5) is 13.2 Å². The van der Waals surface area contributed by atoms with Crippen molar-refractivity contribution >= 4 is 11.9 Å². The van der Waals surface area contributed by atoms with Gasteiger partial charge in [0.15, 0.2) is 0 Å². The van der Waals surface area contributed by atoms with E-state index in [2.05, 4.69) is 11.9 Å². The number of alkyl halides is 3. The summed E-state index contributed by atoms with van der Waals surface area (Å²) >= 11 is 0. The third-order valence-electron chi connectivity index (χ3n) is 4.31. The van der Waals surface area contributed by atoms with Crippen LogP contribution in [-0.2, 0) is 4.79 Å². The van der Waals surface area contributed by atoms with Crippen molar-refractivity contribution in [2.24, 2.45) is 0 Å². The number of amides is 1. The van der Waals surface area contributed by atoms with Crippen molar-refractivity contribution < 1.29 is 32.6 Å². The minimum absolute atomic E-state index is 0.0582. The molecule has 1 unspecified atom stereocenters. The highest BCUT2D eigenvalue weighted by atomic mass is 19.4. The molecule has 0 saturated carbocycles. The number of ether oxygens (including phenoxy) is 1. The van der Waals surface area contributed by atoms with E-state index in [1.807, 2.05) is 30.1 Å². The van der Waals surface area contributed by atoms with Crippen molar-refractivity contribution in [1.29, 1.82) is 0 Å². The van der Waals surface area contributed by atoms with E-state index in [0.717, 1.165) is 18.8 Å². The van der Waals surface area contributed by atoms with E-state index < -0.39 is 12.1 Å². The van der Waals surface area contributed by atoms with Crippen LogP contribution < -0.4 is 4.74 Å². The minimum atomic E-state index is -5.08. The number of rotatable bonds is 4. The summed E-state index contributed by atoms with van der Waals surface area (Å²) in [6.45, 7) is 1.92. The summed E-state index contributed by atoms with van der Waals surface area (Å²) in [5.74, 6) is -1.98. The van der Waals surface area contributed by atoms with Crippen molar-refractivity contribution in [2.75, 3.05) is 34.3 Å². The molecule has 9 heteroatoms. The number of carbonyl (C=O) groups excluding carboxylic acids is 1. The van der Waals surface area contributed by atoms with Crippen LogP contribution in [0.5, 0.6) is 5.75 Å². The molecule has 1 atom stereocenters. The fourth-order valence-electron chi connectivity index (χ4n) is 2.75. The second-order valence-electron chi connectivity index (χ2n) is 6.35. The monoisotopic (exact) mass is 390 g/mol. The van der Waals surface area contributed by atoms with Gasteiger partial charge in [0.05, 0.1) is 7.11 Å². The Balaban J connectivity index is 0.000000445. The second kappa shape index (κ2) is 10.1. The molecule has 1 N–H and O–H groups in total. The molecule has 1 heterocycles. The molecular formula is C18H25F3N2O4. The predicted molar refractivity (Wildman–Crippen MR) is 93.9 cm³/mol. The lowest BCUT2D eigenvalue weighted by Crippen LogP contribution is -2.45. The molecule has 0 aromatic heterocycles. The van der Waals surface area contributed by atoms with E-state index in [1.165, 1.54) is 19.3 Å². The Morgan fingerprint density at radius 3 is 2.48 bits per heavy atom. The van der Waals surface area contributed by atoms with Gasteiger partial charge in [-0.3, -0.25) is 4.79 Å². The van der Waals surface area contributed by atoms with Gasteiger partial charge in [0.1, 0.15) is 5.75 Å². The van der Waals surface area contributed by atoms with E-state index in [-0.39, 0.29) is 5.91 Å². The van der Waals surface area contributed by atoms with Crippen molar-refractivity contribution in [1.82, 2.24) is 9.80 Å². The molecule has 1 aromatic rings. The Kier molecular flexibility index (Phi) is 8.55. The van der Waals surface area contributed by atoms with Crippen molar-refractivity contribution in [3.05, 3.63) is 29.8 Å². The number of carbonyl (C=O) groups is 2. The molecule has 1 aromatic carbocycles. The summed E-state index contributed by atoms with van der Waals surface area (Å²) < 4.78 is 36.9. The number of likely N-dealkylation sites (tertiary alicyclic amines) is 1. The first-order valence-electron chi connectivity index (χ1n) is 8.46. The van der Waals surface area contributed by atoms with Crippen LogP contribution in [0.1, 0.15) is 29.6 Å². The van der Waals surface area contributed by atoms with Crippen molar-refractivity contribution in [3.8, 4) is 5.75 Å². The van der Waals surface area contributed by atoms with Crippen LogP contribution in [0, 0.1) is 0 Å². The predicted octanol–water partition coefficient (Wildman–Crippen LogP) is 2.88. The lowest BCUT2D eigenvalue weighted by Gasteiger charge is -2.35. The van der Waals surface area contributed by atoms with Crippen LogP contribution in [0.2, 0.25) is 0 Å². The number of hydrogen-bond acceptors (Lipinski definition) is 4. The second-order valence-corrected chi connectivity index (χ2v) is 6.35. The summed E-state index contributed by atoms with van der Waals surface area (Å²) in [7, 11) is 5.64. The van der Waals surface area contributed by atoms with Gasteiger partial charge >= 0.3 is 12.1 Å². The number of methoxy groups -OCH3 is 1. The number of halogens is 3. The molecule has 0 bridgehead atoms. The SMILES string of the molecule is COc1cccc(C(=O)N(C)CC2CCCCN2C)c1.O=C(O)C(F)(F)F. The molecule has 27 heavy (non-hydrogen) atoms. The van der Waals surface area contributed by atoms with Gasteiger partial charge in [-0.1, -0.05) is 12.5 Å². The highest BCUT2D eigenvalue weighted by Gasteiger charge is 2.38. The highest BCUT2D eigenvalue weighted by Crippen LogP contribution is 2.18. The van der Waals surface area contributed by atoms with Gasteiger partial charge in [-0.25, -0.2) is 4.79 Å². The number of benzene rings is 1. The largest absolute Gasteiger partial charge is 0.497 e. The van der Waals surface area contributed by atoms with E-state index >= 15 is 0 Å². The summed E-state index contributed by atoms with van der Waals surface area (Å²) in [5.41, 5.74) is 0.685. The van der Waals surface area contributed by atoms with Crippen LogP contribution >= 0.6 is 0 Å². The molecule has 0 aliphatic carbocycles. The minimum Gasteiger partial charge on any atom is -0.497 e. The van der Waals surface area contributed by atoms with E-state index in [1.54, 1.807) is 13.2 Å². The van der Waals surface area contributed by atoms with E-state index in [9.17, 15) is 18.0 Å². The fourth-order valence-corrected chi connectivity index (χ4v) is 2.75. The van der Waals surface area contributed by atoms with Gasteiger partial charge in [-0.05, 0) is 44.6 Å². The standard InChI is InChI=1S/C16H24N2O2.C2HF3O2/c1-17-10-5-4-8-14(17)12-18(2)16(19)13-7-6-9-15(11-13)20-3;3-2(4,5)1(6)7/h6-7,9,11,14H,4-5,8,10,12H2,1-3H3;(H,6,7). The molecule has 6 nitrogen and oxygen atoms in total. The molecular weight excluding hydrogens is 365 g/mol. The van der Waals surface area contributed by atoms with Gasteiger partial charge in [-0.15, -0.1) is 0 Å². The van der Waals surface area contributed by atoms with Gasteiger partial charge in [-0.2, -0.15) is 13.2 Å². The number of carboxylic acid groups (broad SMARTS) is 1. The van der Waals surface area contributed by atoms with Crippen LogP contribution in [0.25, 0.3) is 0 Å². The molecule has 1 amide bonds. The Hall–Kier alpha value is -2.29. The smallest absolute Gasteiger partial charge is 0.490 e. The zero-order chi connectivity index (χ0) is 20.6. The third kappa shape index (κ3) is 7.46.